The lowest BCUT2D eigenvalue weighted by atomic mass is 9.89. The zero-order chi connectivity index (χ0) is 15.2. The Morgan fingerprint density at radius 1 is 1.33 bits per heavy atom. The van der Waals surface area contributed by atoms with Gasteiger partial charge in [-0.15, -0.1) is 11.3 Å². The van der Waals surface area contributed by atoms with E-state index < -0.39 is 0 Å². The molecule has 3 rings (SSSR count). The van der Waals surface area contributed by atoms with Gasteiger partial charge in [0.25, 0.3) is 5.91 Å². The molecule has 0 spiro atoms. The molecule has 0 saturated carbocycles. The fourth-order valence-electron chi connectivity index (χ4n) is 2.89. The van der Waals surface area contributed by atoms with E-state index >= 15 is 0 Å². The molecule has 110 valence electrons. The molecule has 1 aliphatic heterocycles. The Morgan fingerprint density at radius 3 is 2.81 bits per heavy atom. The van der Waals surface area contributed by atoms with E-state index in [0.717, 1.165) is 12.1 Å². The van der Waals surface area contributed by atoms with Crippen LogP contribution in [-0.2, 0) is 13.0 Å². The summed E-state index contributed by atoms with van der Waals surface area (Å²) < 4.78 is 0. The third-order valence-corrected chi connectivity index (χ3v) is 4.87. The molecule has 0 fully saturated rings. The number of hydrogen-bond donors (Lipinski definition) is 0. The molecule has 0 bridgehead atoms. The molecule has 0 aromatic carbocycles. The van der Waals surface area contributed by atoms with Gasteiger partial charge in [0.15, 0.2) is 0 Å². The van der Waals surface area contributed by atoms with E-state index in [9.17, 15) is 4.79 Å². The molecule has 1 amide bonds. The molecule has 2 aromatic heterocycles. The third-order valence-electron chi connectivity index (χ3n) is 3.92. The number of nitrogens with zero attached hydrogens (tertiary/aromatic N) is 3. The maximum absolute atomic E-state index is 12.9. The lowest BCUT2D eigenvalue weighted by Gasteiger charge is -2.42. The van der Waals surface area contributed by atoms with E-state index in [1.165, 1.54) is 10.4 Å². The van der Waals surface area contributed by atoms with Crippen molar-refractivity contribution in [2.45, 2.75) is 46.2 Å². The Bertz CT molecular complexity index is 685. The largest absolute Gasteiger partial charge is 0.327 e. The van der Waals surface area contributed by atoms with Crippen molar-refractivity contribution in [2.75, 3.05) is 0 Å². The minimum absolute atomic E-state index is 0.00681. The quantitative estimate of drug-likeness (QED) is 0.813. The molecule has 0 atom stereocenters. The van der Waals surface area contributed by atoms with Crippen molar-refractivity contribution in [1.29, 1.82) is 0 Å². The predicted octanol–water partition coefficient (Wildman–Crippen LogP) is 3.13. The predicted molar refractivity (Wildman–Crippen MR) is 83.5 cm³/mol. The second kappa shape index (κ2) is 4.91. The molecule has 0 N–H and O–H groups in total. The Labute approximate surface area is 128 Å². The van der Waals surface area contributed by atoms with Crippen molar-refractivity contribution in [1.82, 2.24) is 14.9 Å². The standard InChI is InChI=1S/C16H19N3OS/c1-10-7-13(18-11(2)17-10)15(20)19-9-14-12(5-6-21-14)8-16(19,3)4/h5-7H,8-9H2,1-4H3. The summed E-state index contributed by atoms with van der Waals surface area (Å²) in [6.07, 6.45) is 0.890. The molecule has 0 unspecified atom stereocenters. The van der Waals surface area contributed by atoms with Crippen molar-refractivity contribution in [3.05, 3.63) is 45.2 Å². The van der Waals surface area contributed by atoms with Gasteiger partial charge in [-0.25, -0.2) is 9.97 Å². The molecule has 4 nitrogen and oxygen atoms in total. The monoisotopic (exact) mass is 301 g/mol. The zero-order valence-electron chi connectivity index (χ0n) is 12.8. The normalized spacial score (nSPS) is 16.7. The topological polar surface area (TPSA) is 46.1 Å². The lowest BCUT2D eigenvalue weighted by Crippen LogP contribution is -2.51. The Morgan fingerprint density at radius 2 is 2.10 bits per heavy atom. The SMILES string of the molecule is Cc1cc(C(=O)N2Cc3sccc3CC2(C)C)nc(C)n1. The van der Waals surface area contributed by atoms with Crippen molar-refractivity contribution in [3.8, 4) is 0 Å². The Hall–Kier alpha value is -1.75. The number of aryl methyl sites for hydroxylation is 2. The molecule has 2 aromatic rings. The van der Waals surface area contributed by atoms with Gasteiger partial charge in [0.05, 0.1) is 6.54 Å². The Balaban J connectivity index is 1.97. The Kier molecular flexibility index (Phi) is 3.32. The van der Waals surface area contributed by atoms with E-state index in [-0.39, 0.29) is 11.4 Å². The molecule has 0 saturated heterocycles. The summed E-state index contributed by atoms with van der Waals surface area (Å²) in [5.41, 5.74) is 2.49. The fourth-order valence-corrected chi connectivity index (χ4v) is 3.79. The number of rotatable bonds is 1. The number of amides is 1. The highest BCUT2D eigenvalue weighted by molar-refractivity contribution is 7.10. The number of carbonyl (C=O) groups is 1. The van der Waals surface area contributed by atoms with Crippen LogP contribution in [0.4, 0.5) is 0 Å². The molecule has 21 heavy (non-hydrogen) atoms. The number of hydrogen-bond acceptors (Lipinski definition) is 4. The summed E-state index contributed by atoms with van der Waals surface area (Å²) in [5.74, 6) is 0.637. The van der Waals surface area contributed by atoms with Crippen LogP contribution < -0.4 is 0 Å². The summed E-state index contributed by atoms with van der Waals surface area (Å²) in [7, 11) is 0. The van der Waals surface area contributed by atoms with E-state index in [1.54, 1.807) is 17.4 Å². The zero-order valence-corrected chi connectivity index (χ0v) is 13.6. The van der Waals surface area contributed by atoms with Crippen molar-refractivity contribution in [2.24, 2.45) is 0 Å². The molecular weight excluding hydrogens is 282 g/mol. The summed E-state index contributed by atoms with van der Waals surface area (Å²) in [6.45, 7) is 8.62. The van der Waals surface area contributed by atoms with Gasteiger partial charge >= 0.3 is 0 Å². The summed E-state index contributed by atoms with van der Waals surface area (Å²) in [4.78, 5) is 24.7. The first-order valence-electron chi connectivity index (χ1n) is 7.06. The number of fused-ring (bicyclic) bond motifs is 1. The van der Waals surface area contributed by atoms with Crippen LogP contribution in [0.5, 0.6) is 0 Å². The van der Waals surface area contributed by atoms with Crippen LogP contribution in [0, 0.1) is 13.8 Å². The average Bonchev–Trinajstić information content (AvgIpc) is 2.81. The summed E-state index contributed by atoms with van der Waals surface area (Å²) >= 11 is 1.72. The van der Waals surface area contributed by atoms with Crippen LogP contribution in [0.2, 0.25) is 0 Å². The summed E-state index contributed by atoms with van der Waals surface area (Å²) in [6, 6.07) is 3.94. The first-order chi connectivity index (χ1) is 9.87. The van der Waals surface area contributed by atoms with Crippen molar-refractivity contribution >= 4 is 17.2 Å². The van der Waals surface area contributed by atoms with Gasteiger partial charge in [0, 0.05) is 16.1 Å². The lowest BCUT2D eigenvalue weighted by molar-refractivity contribution is 0.0487. The van der Waals surface area contributed by atoms with Gasteiger partial charge in [0.2, 0.25) is 0 Å². The molecular formula is C16H19N3OS. The average molecular weight is 301 g/mol. The molecule has 5 heteroatoms. The van der Waals surface area contributed by atoms with Crippen LogP contribution in [-0.4, -0.2) is 26.3 Å². The van der Waals surface area contributed by atoms with Crippen molar-refractivity contribution < 1.29 is 4.79 Å². The second-order valence-electron chi connectivity index (χ2n) is 6.19. The third kappa shape index (κ3) is 2.58. The van der Waals surface area contributed by atoms with Crippen molar-refractivity contribution in [3.63, 3.8) is 0 Å². The van der Waals surface area contributed by atoms with E-state index in [1.807, 2.05) is 18.7 Å². The highest BCUT2D eigenvalue weighted by Crippen LogP contribution is 2.34. The van der Waals surface area contributed by atoms with Gasteiger partial charge in [0.1, 0.15) is 11.5 Å². The minimum Gasteiger partial charge on any atom is -0.327 e. The second-order valence-corrected chi connectivity index (χ2v) is 7.19. The molecule has 0 aliphatic carbocycles. The van der Waals surface area contributed by atoms with Gasteiger partial charge in [-0.1, -0.05) is 0 Å². The maximum Gasteiger partial charge on any atom is 0.273 e. The van der Waals surface area contributed by atoms with Gasteiger partial charge in [-0.3, -0.25) is 4.79 Å². The fraction of sp³-hybridized carbons (Fsp3) is 0.438. The van der Waals surface area contributed by atoms with E-state index in [4.69, 9.17) is 0 Å². The van der Waals surface area contributed by atoms with E-state index in [2.05, 4.69) is 35.3 Å². The maximum atomic E-state index is 12.9. The number of aromatic nitrogens is 2. The van der Waals surface area contributed by atoms with Crippen LogP contribution in [0.1, 0.15) is 46.3 Å². The first-order valence-corrected chi connectivity index (χ1v) is 7.94. The van der Waals surface area contributed by atoms with Gasteiger partial charge < -0.3 is 4.90 Å². The minimum atomic E-state index is -0.197. The molecule has 3 heterocycles. The first kappa shape index (κ1) is 14.2. The van der Waals surface area contributed by atoms with Crippen LogP contribution in [0.15, 0.2) is 17.5 Å². The molecule has 1 aliphatic rings. The van der Waals surface area contributed by atoms with E-state index in [0.29, 0.717) is 18.1 Å². The highest BCUT2D eigenvalue weighted by atomic mass is 32.1. The van der Waals surface area contributed by atoms with Crippen LogP contribution in [0.3, 0.4) is 0 Å². The van der Waals surface area contributed by atoms with Gasteiger partial charge in [-0.05, 0) is 57.2 Å². The van der Waals surface area contributed by atoms with Gasteiger partial charge in [-0.2, -0.15) is 0 Å². The highest BCUT2D eigenvalue weighted by Gasteiger charge is 2.37. The number of thiophene rings is 1. The molecule has 0 radical (unpaired) electrons. The van der Waals surface area contributed by atoms with Crippen LogP contribution in [0.25, 0.3) is 0 Å². The number of carbonyl (C=O) groups excluding carboxylic acids is 1. The summed E-state index contributed by atoms with van der Waals surface area (Å²) in [5, 5.41) is 2.10. The smallest absolute Gasteiger partial charge is 0.273 e. The van der Waals surface area contributed by atoms with Crippen LogP contribution >= 0.6 is 11.3 Å².